The minimum atomic E-state index is -3.79. The number of carbonyl (C=O) groups excluding carboxylic acids is 1. The van der Waals surface area contributed by atoms with E-state index in [0.717, 1.165) is 0 Å². The molecule has 0 aliphatic heterocycles. The van der Waals surface area contributed by atoms with Crippen LogP contribution in [0.1, 0.15) is 10.4 Å². The Balaban J connectivity index is 3.08. The van der Waals surface area contributed by atoms with Gasteiger partial charge in [0.25, 0.3) is 0 Å². The highest BCUT2D eigenvalue weighted by molar-refractivity contribution is 8.06. The van der Waals surface area contributed by atoms with E-state index in [1.54, 1.807) is 0 Å². The lowest BCUT2D eigenvalue weighted by Crippen LogP contribution is -1.94. The summed E-state index contributed by atoms with van der Waals surface area (Å²) >= 11 is 4.31. The molecule has 15 heavy (non-hydrogen) atoms. The molecule has 0 saturated heterocycles. The molecule has 0 heterocycles. The SMILES string of the molecule is COc1cc(C=O)ccc1OP(O)(O)=S. The normalized spacial score (nSPS) is 10.9. The van der Waals surface area contributed by atoms with Crippen molar-refractivity contribution < 1.29 is 23.8 Å². The second-order valence-corrected chi connectivity index (χ2v) is 5.20. The van der Waals surface area contributed by atoms with Gasteiger partial charge in [-0.25, -0.2) is 0 Å². The van der Waals surface area contributed by atoms with Crippen molar-refractivity contribution in [1.29, 1.82) is 0 Å². The highest BCUT2D eigenvalue weighted by Crippen LogP contribution is 2.42. The summed E-state index contributed by atoms with van der Waals surface area (Å²) < 4.78 is 9.62. The summed E-state index contributed by atoms with van der Waals surface area (Å²) in [7, 11) is 1.37. The van der Waals surface area contributed by atoms with Crippen molar-refractivity contribution in [1.82, 2.24) is 0 Å². The van der Waals surface area contributed by atoms with Gasteiger partial charge in [-0.2, -0.15) is 0 Å². The molecule has 0 amide bonds. The number of ether oxygens (including phenoxy) is 1. The molecule has 5 nitrogen and oxygen atoms in total. The van der Waals surface area contributed by atoms with Gasteiger partial charge in [0.05, 0.1) is 7.11 Å². The zero-order valence-electron chi connectivity index (χ0n) is 7.78. The van der Waals surface area contributed by atoms with Gasteiger partial charge in [0, 0.05) is 17.4 Å². The summed E-state index contributed by atoms with van der Waals surface area (Å²) in [5, 5.41) is 0. The Morgan fingerprint density at radius 1 is 1.40 bits per heavy atom. The lowest BCUT2D eigenvalue weighted by molar-refractivity contribution is 0.112. The minimum absolute atomic E-state index is 0.0939. The van der Waals surface area contributed by atoms with Crippen LogP contribution >= 0.6 is 6.72 Å². The molecular formula is C8H9O5PS. The Morgan fingerprint density at radius 2 is 2.07 bits per heavy atom. The largest absolute Gasteiger partial charge is 0.493 e. The average molecular weight is 248 g/mol. The molecule has 82 valence electrons. The fourth-order valence-electron chi connectivity index (χ4n) is 0.961. The Kier molecular flexibility index (Phi) is 3.82. The molecule has 1 rings (SSSR count). The number of methoxy groups -OCH3 is 1. The molecule has 1 aromatic carbocycles. The molecule has 2 N–H and O–H groups in total. The van der Waals surface area contributed by atoms with Crippen LogP contribution in [0.3, 0.4) is 0 Å². The topological polar surface area (TPSA) is 76.0 Å². The molecule has 0 fully saturated rings. The van der Waals surface area contributed by atoms with Gasteiger partial charge >= 0.3 is 6.72 Å². The first-order chi connectivity index (χ1) is 6.96. The summed E-state index contributed by atoms with van der Waals surface area (Å²) in [6.45, 7) is -3.79. The minimum Gasteiger partial charge on any atom is -0.493 e. The standard InChI is InChI=1S/C8H9O5PS/c1-12-8-4-6(5-9)2-3-7(8)13-14(10,11)15/h2-5H,1H3,(H2,10,11,15). The van der Waals surface area contributed by atoms with Crippen LogP contribution in [0.15, 0.2) is 18.2 Å². The van der Waals surface area contributed by atoms with Crippen molar-refractivity contribution in [3.8, 4) is 11.5 Å². The second kappa shape index (κ2) is 4.72. The summed E-state index contributed by atoms with van der Waals surface area (Å²) in [5.74, 6) is 0.313. The number of benzene rings is 1. The summed E-state index contributed by atoms with van der Waals surface area (Å²) in [4.78, 5) is 28.4. The molecule has 0 spiro atoms. The van der Waals surface area contributed by atoms with E-state index in [2.05, 4.69) is 11.8 Å². The molecule has 0 saturated carbocycles. The summed E-state index contributed by atoms with van der Waals surface area (Å²) in [6.07, 6.45) is 0.639. The number of hydrogen-bond donors (Lipinski definition) is 2. The molecule has 0 aliphatic carbocycles. The van der Waals surface area contributed by atoms with Crippen LogP contribution in [-0.4, -0.2) is 23.2 Å². The molecule has 7 heteroatoms. The van der Waals surface area contributed by atoms with E-state index in [1.807, 2.05) is 0 Å². The lowest BCUT2D eigenvalue weighted by atomic mass is 10.2. The van der Waals surface area contributed by atoms with Crippen LogP contribution in [0.4, 0.5) is 0 Å². The molecular weight excluding hydrogens is 239 g/mol. The van der Waals surface area contributed by atoms with E-state index < -0.39 is 6.72 Å². The van der Waals surface area contributed by atoms with Gasteiger partial charge in [-0.05, 0) is 18.2 Å². The predicted molar refractivity (Wildman–Crippen MR) is 57.7 cm³/mol. The van der Waals surface area contributed by atoms with E-state index in [-0.39, 0.29) is 11.5 Å². The van der Waals surface area contributed by atoms with Gasteiger partial charge in [-0.3, -0.25) is 4.79 Å². The van der Waals surface area contributed by atoms with Gasteiger partial charge < -0.3 is 19.0 Å². The van der Waals surface area contributed by atoms with Crippen LogP contribution in [-0.2, 0) is 11.8 Å². The van der Waals surface area contributed by atoms with Gasteiger partial charge in [-0.15, -0.1) is 0 Å². The van der Waals surface area contributed by atoms with Crippen molar-refractivity contribution in [2.45, 2.75) is 0 Å². The van der Waals surface area contributed by atoms with Crippen LogP contribution in [0, 0.1) is 0 Å². The monoisotopic (exact) mass is 248 g/mol. The summed E-state index contributed by atoms with van der Waals surface area (Å²) in [6, 6.07) is 4.25. The van der Waals surface area contributed by atoms with E-state index >= 15 is 0 Å². The van der Waals surface area contributed by atoms with Gasteiger partial charge in [-0.1, -0.05) is 0 Å². The average Bonchev–Trinajstić information content (AvgIpc) is 2.16. The van der Waals surface area contributed by atoms with E-state index in [4.69, 9.17) is 19.0 Å². The first-order valence-corrected chi connectivity index (χ1v) is 6.47. The van der Waals surface area contributed by atoms with Crippen LogP contribution in [0.2, 0.25) is 0 Å². The third kappa shape index (κ3) is 3.60. The van der Waals surface area contributed by atoms with Crippen molar-refractivity contribution in [3.63, 3.8) is 0 Å². The van der Waals surface area contributed by atoms with Crippen LogP contribution < -0.4 is 9.26 Å². The van der Waals surface area contributed by atoms with Gasteiger partial charge in [0.15, 0.2) is 11.5 Å². The highest BCUT2D eigenvalue weighted by atomic mass is 32.5. The zero-order chi connectivity index (χ0) is 11.5. The van der Waals surface area contributed by atoms with Gasteiger partial charge in [0.2, 0.25) is 0 Å². The molecule has 0 aromatic heterocycles. The lowest BCUT2D eigenvalue weighted by Gasteiger charge is -2.13. The number of carbonyl (C=O) groups is 1. The van der Waals surface area contributed by atoms with Gasteiger partial charge in [0.1, 0.15) is 6.29 Å². The molecule has 0 aliphatic rings. The maximum Gasteiger partial charge on any atom is 0.375 e. The number of hydrogen-bond acceptors (Lipinski definition) is 4. The quantitative estimate of drug-likeness (QED) is 0.613. The zero-order valence-corrected chi connectivity index (χ0v) is 9.49. The molecule has 0 atom stereocenters. The van der Waals surface area contributed by atoms with E-state index in [9.17, 15) is 4.79 Å². The third-order valence-corrected chi connectivity index (χ3v) is 2.20. The molecule has 0 unspecified atom stereocenters. The van der Waals surface area contributed by atoms with Crippen molar-refractivity contribution in [2.24, 2.45) is 0 Å². The van der Waals surface area contributed by atoms with E-state index in [1.165, 1.54) is 25.3 Å². The van der Waals surface area contributed by atoms with Crippen molar-refractivity contribution in [2.75, 3.05) is 7.11 Å². The Morgan fingerprint density at radius 3 is 2.53 bits per heavy atom. The fraction of sp³-hybridized carbons (Fsp3) is 0.125. The third-order valence-electron chi connectivity index (χ3n) is 1.54. The van der Waals surface area contributed by atoms with Crippen LogP contribution in [0.25, 0.3) is 0 Å². The molecule has 1 aromatic rings. The van der Waals surface area contributed by atoms with Crippen molar-refractivity contribution >= 4 is 24.8 Å². The summed E-state index contributed by atoms with van der Waals surface area (Å²) in [5.41, 5.74) is 0.392. The Bertz CT molecular complexity index is 413. The molecule has 0 radical (unpaired) electrons. The van der Waals surface area contributed by atoms with Crippen LogP contribution in [0.5, 0.6) is 11.5 Å². The van der Waals surface area contributed by atoms with E-state index in [0.29, 0.717) is 11.8 Å². The highest BCUT2D eigenvalue weighted by Gasteiger charge is 2.14. The Hall–Kier alpha value is -0.940. The Labute approximate surface area is 91.5 Å². The first kappa shape index (κ1) is 12.1. The smallest absolute Gasteiger partial charge is 0.375 e. The maximum atomic E-state index is 10.5. The first-order valence-electron chi connectivity index (χ1n) is 3.84. The second-order valence-electron chi connectivity index (χ2n) is 2.61. The number of aldehydes is 1. The van der Waals surface area contributed by atoms with Crippen molar-refractivity contribution in [3.05, 3.63) is 23.8 Å². The number of rotatable bonds is 4. The predicted octanol–water partition coefficient (Wildman–Crippen LogP) is 1.10. The molecule has 0 bridgehead atoms. The fourth-order valence-corrected chi connectivity index (χ4v) is 1.61. The maximum absolute atomic E-state index is 10.5.